The molecule has 4 rings (SSSR count). The third kappa shape index (κ3) is 2.84. The van der Waals surface area contributed by atoms with E-state index in [9.17, 15) is 4.79 Å². The number of para-hydroxylation sites is 1. The number of benzene rings is 1. The molecule has 1 aliphatic heterocycles. The summed E-state index contributed by atoms with van der Waals surface area (Å²) in [5.41, 5.74) is 0. The van der Waals surface area contributed by atoms with Gasteiger partial charge in [-0.15, -0.1) is 0 Å². The topological polar surface area (TPSA) is 55.3 Å². The Morgan fingerprint density at radius 1 is 1.12 bits per heavy atom. The van der Waals surface area contributed by atoms with Crippen LogP contribution in [-0.2, 0) is 0 Å². The highest BCUT2D eigenvalue weighted by atomic mass is 35.5. The second kappa shape index (κ2) is 6.40. The van der Waals surface area contributed by atoms with Crippen molar-refractivity contribution in [3.8, 4) is 5.75 Å². The number of hydrogen-bond acceptors (Lipinski definition) is 4. The van der Waals surface area contributed by atoms with E-state index < -0.39 is 0 Å². The minimum atomic E-state index is -0.0958. The second-order valence-electron chi connectivity index (χ2n) is 6.37. The lowest BCUT2D eigenvalue weighted by molar-refractivity contribution is 0.0750. The summed E-state index contributed by atoms with van der Waals surface area (Å²) in [6.07, 6.45) is 5.37. The van der Waals surface area contributed by atoms with Gasteiger partial charge in [-0.3, -0.25) is 4.79 Å². The SMILES string of the molecule is O=C(c1ncccn1)N1C[C@@H]2CC[C@H](Oc3ccccc3Cl)[C@@H]2C1. The molecule has 3 atom stereocenters. The first-order chi connectivity index (χ1) is 11.7. The Hall–Kier alpha value is -2.14. The predicted molar refractivity (Wildman–Crippen MR) is 90.0 cm³/mol. The van der Waals surface area contributed by atoms with Gasteiger partial charge in [-0.2, -0.15) is 0 Å². The van der Waals surface area contributed by atoms with E-state index in [-0.39, 0.29) is 17.8 Å². The molecule has 24 heavy (non-hydrogen) atoms. The normalized spacial score (nSPS) is 25.5. The van der Waals surface area contributed by atoms with Crippen molar-refractivity contribution in [1.29, 1.82) is 0 Å². The fourth-order valence-electron chi connectivity index (χ4n) is 3.78. The Morgan fingerprint density at radius 3 is 2.71 bits per heavy atom. The van der Waals surface area contributed by atoms with Gasteiger partial charge in [0.2, 0.25) is 5.82 Å². The van der Waals surface area contributed by atoms with Crippen LogP contribution in [0.1, 0.15) is 23.5 Å². The summed E-state index contributed by atoms with van der Waals surface area (Å²) in [7, 11) is 0. The van der Waals surface area contributed by atoms with E-state index >= 15 is 0 Å². The van der Waals surface area contributed by atoms with Crippen molar-refractivity contribution in [3.63, 3.8) is 0 Å². The van der Waals surface area contributed by atoms with Crippen molar-refractivity contribution in [2.75, 3.05) is 13.1 Å². The Balaban J connectivity index is 1.45. The van der Waals surface area contributed by atoms with Crippen LogP contribution in [-0.4, -0.2) is 40.0 Å². The number of carbonyl (C=O) groups is 1. The number of hydrogen-bond donors (Lipinski definition) is 0. The molecule has 2 heterocycles. The van der Waals surface area contributed by atoms with Crippen LogP contribution in [0.4, 0.5) is 0 Å². The van der Waals surface area contributed by atoms with Crippen molar-refractivity contribution in [2.45, 2.75) is 18.9 Å². The standard InChI is InChI=1S/C18H18ClN3O2/c19-14-4-1-2-5-16(14)24-15-7-6-12-10-22(11-13(12)15)18(23)17-20-8-3-9-21-17/h1-5,8-9,12-13,15H,6-7,10-11H2/t12-,13+,15-/m0/s1. The first kappa shape index (κ1) is 15.4. The largest absolute Gasteiger partial charge is 0.489 e. The molecule has 0 unspecified atom stereocenters. The van der Waals surface area contributed by atoms with Crippen LogP contribution >= 0.6 is 11.6 Å². The number of likely N-dealkylation sites (tertiary alicyclic amines) is 1. The van der Waals surface area contributed by atoms with Crippen molar-refractivity contribution < 1.29 is 9.53 Å². The molecule has 0 bridgehead atoms. The first-order valence-electron chi connectivity index (χ1n) is 8.20. The van der Waals surface area contributed by atoms with E-state index in [2.05, 4.69) is 9.97 Å². The lowest BCUT2D eigenvalue weighted by atomic mass is 9.99. The Labute approximate surface area is 145 Å². The molecular formula is C18H18ClN3O2. The third-order valence-corrected chi connectivity index (χ3v) is 5.26. The summed E-state index contributed by atoms with van der Waals surface area (Å²) >= 11 is 6.20. The third-order valence-electron chi connectivity index (χ3n) is 4.95. The number of halogens is 1. The Bertz CT molecular complexity index is 740. The second-order valence-corrected chi connectivity index (χ2v) is 6.78. The smallest absolute Gasteiger partial charge is 0.291 e. The van der Waals surface area contributed by atoms with Gasteiger partial charge in [0.05, 0.1) is 5.02 Å². The number of amides is 1. The zero-order valence-corrected chi connectivity index (χ0v) is 13.9. The average molecular weight is 344 g/mol. The first-order valence-corrected chi connectivity index (χ1v) is 8.57. The van der Waals surface area contributed by atoms with Crippen LogP contribution in [0.25, 0.3) is 0 Å². The van der Waals surface area contributed by atoms with Gasteiger partial charge in [0.25, 0.3) is 5.91 Å². The van der Waals surface area contributed by atoms with Crippen LogP contribution < -0.4 is 4.74 Å². The van der Waals surface area contributed by atoms with Gasteiger partial charge in [0.1, 0.15) is 11.9 Å². The highest BCUT2D eigenvalue weighted by Crippen LogP contribution is 2.41. The summed E-state index contributed by atoms with van der Waals surface area (Å²) in [4.78, 5) is 22.5. The molecule has 2 aliphatic rings. The number of carbonyl (C=O) groups excluding carboxylic acids is 1. The highest BCUT2D eigenvalue weighted by Gasteiger charge is 2.45. The molecule has 0 spiro atoms. The fourth-order valence-corrected chi connectivity index (χ4v) is 3.96. The molecule has 124 valence electrons. The fraction of sp³-hybridized carbons (Fsp3) is 0.389. The number of fused-ring (bicyclic) bond motifs is 1. The van der Waals surface area contributed by atoms with Crippen LogP contribution in [0.2, 0.25) is 5.02 Å². The maximum Gasteiger partial charge on any atom is 0.291 e. The van der Waals surface area contributed by atoms with Crippen LogP contribution in [0.15, 0.2) is 42.7 Å². The Kier molecular flexibility index (Phi) is 4.10. The van der Waals surface area contributed by atoms with E-state index in [1.54, 1.807) is 18.5 Å². The molecule has 1 saturated carbocycles. The zero-order valence-electron chi connectivity index (χ0n) is 13.1. The van der Waals surface area contributed by atoms with Crippen LogP contribution in [0.3, 0.4) is 0 Å². The van der Waals surface area contributed by atoms with Gasteiger partial charge in [-0.1, -0.05) is 23.7 Å². The number of nitrogens with zero attached hydrogens (tertiary/aromatic N) is 3. The number of rotatable bonds is 3. The van der Waals surface area contributed by atoms with Gasteiger partial charge < -0.3 is 9.64 Å². The van der Waals surface area contributed by atoms with E-state index in [4.69, 9.17) is 16.3 Å². The van der Waals surface area contributed by atoms with E-state index in [1.165, 1.54) is 0 Å². The van der Waals surface area contributed by atoms with Crippen LogP contribution in [0.5, 0.6) is 5.75 Å². The van der Waals surface area contributed by atoms with Crippen molar-refractivity contribution in [2.24, 2.45) is 11.8 Å². The molecule has 2 fully saturated rings. The molecule has 1 saturated heterocycles. The van der Waals surface area contributed by atoms with Gasteiger partial charge in [-0.05, 0) is 37.0 Å². The molecule has 5 nitrogen and oxygen atoms in total. The lowest BCUT2D eigenvalue weighted by Gasteiger charge is -2.22. The summed E-state index contributed by atoms with van der Waals surface area (Å²) in [5.74, 6) is 1.71. The van der Waals surface area contributed by atoms with Crippen molar-refractivity contribution in [1.82, 2.24) is 14.9 Å². The van der Waals surface area contributed by atoms with Gasteiger partial charge in [0.15, 0.2) is 0 Å². The molecule has 1 amide bonds. The van der Waals surface area contributed by atoms with E-state index in [0.717, 1.165) is 25.1 Å². The molecule has 1 aliphatic carbocycles. The minimum absolute atomic E-state index is 0.0958. The van der Waals surface area contributed by atoms with Gasteiger partial charge >= 0.3 is 0 Å². The number of aromatic nitrogens is 2. The molecule has 6 heteroatoms. The van der Waals surface area contributed by atoms with Crippen LogP contribution in [0, 0.1) is 11.8 Å². The molecule has 0 radical (unpaired) electrons. The van der Waals surface area contributed by atoms with Gasteiger partial charge in [0, 0.05) is 31.4 Å². The summed E-state index contributed by atoms with van der Waals surface area (Å²) in [5, 5.41) is 0.629. The predicted octanol–water partition coefficient (Wildman–Crippen LogP) is 3.06. The number of ether oxygens (including phenoxy) is 1. The summed E-state index contributed by atoms with van der Waals surface area (Å²) in [6.45, 7) is 1.45. The maximum atomic E-state index is 12.5. The van der Waals surface area contributed by atoms with E-state index in [0.29, 0.717) is 23.4 Å². The Morgan fingerprint density at radius 2 is 1.92 bits per heavy atom. The zero-order chi connectivity index (χ0) is 16.5. The molecule has 2 aromatic rings. The molecule has 0 N–H and O–H groups in total. The lowest BCUT2D eigenvalue weighted by Crippen LogP contribution is -2.33. The van der Waals surface area contributed by atoms with E-state index in [1.807, 2.05) is 29.2 Å². The summed E-state index contributed by atoms with van der Waals surface area (Å²) in [6, 6.07) is 9.25. The molecular weight excluding hydrogens is 326 g/mol. The summed E-state index contributed by atoms with van der Waals surface area (Å²) < 4.78 is 6.15. The monoisotopic (exact) mass is 343 g/mol. The highest BCUT2D eigenvalue weighted by molar-refractivity contribution is 6.32. The van der Waals surface area contributed by atoms with Gasteiger partial charge in [-0.25, -0.2) is 9.97 Å². The van der Waals surface area contributed by atoms with Crippen molar-refractivity contribution >= 4 is 17.5 Å². The maximum absolute atomic E-state index is 12.5. The van der Waals surface area contributed by atoms with Crippen molar-refractivity contribution in [3.05, 3.63) is 53.6 Å². The molecule has 1 aromatic carbocycles. The minimum Gasteiger partial charge on any atom is -0.489 e. The average Bonchev–Trinajstić information content (AvgIpc) is 3.19. The quantitative estimate of drug-likeness (QED) is 0.859. The molecule has 1 aromatic heterocycles.